The number of rotatable bonds is 4. The molecule has 3 heteroatoms. The van der Waals surface area contributed by atoms with Crippen LogP contribution in [0.4, 0.5) is 0 Å². The minimum atomic E-state index is -0.0614. The second-order valence-corrected chi connectivity index (χ2v) is 9.40. The zero-order valence-electron chi connectivity index (χ0n) is 15.1. The van der Waals surface area contributed by atoms with Crippen molar-refractivity contribution in [1.82, 2.24) is 0 Å². The SMILES string of the molecule is NC1(CC2CCCCC2(N)CC2(N)CCCCC2)CCCCC1. The van der Waals surface area contributed by atoms with Gasteiger partial charge in [0.05, 0.1) is 0 Å². The van der Waals surface area contributed by atoms with E-state index in [1.807, 2.05) is 0 Å². The maximum Gasteiger partial charge on any atom is 0.0201 e. The van der Waals surface area contributed by atoms with Crippen LogP contribution in [0.3, 0.4) is 0 Å². The van der Waals surface area contributed by atoms with E-state index in [-0.39, 0.29) is 16.6 Å². The lowest BCUT2D eigenvalue weighted by Gasteiger charge is -2.50. The van der Waals surface area contributed by atoms with E-state index in [0.717, 1.165) is 19.3 Å². The first-order valence-electron chi connectivity index (χ1n) is 10.3. The molecule has 2 atom stereocenters. The number of nitrogens with two attached hydrogens (primary N) is 3. The van der Waals surface area contributed by atoms with Gasteiger partial charge in [-0.1, -0.05) is 51.4 Å². The molecule has 3 aliphatic rings. The molecule has 23 heavy (non-hydrogen) atoms. The summed E-state index contributed by atoms with van der Waals surface area (Å²) in [6.07, 6.45) is 19.9. The molecule has 3 aliphatic carbocycles. The second-order valence-electron chi connectivity index (χ2n) is 9.40. The van der Waals surface area contributed by atoms with Crippen molar-refractivity contribution in [2.24, 2.45) is 23.1 Å². The predicted octanol–water partition coefficient (Wildman–Crippen LogP) is 3.98. The Bertz CT molecular complexity index is 382. The third-order valence-electron chi connectivity index (χ3n) is 7.29. The van der Waals surface area contributed by atoms with Crippen molar-refractivity contribution in [1.29, 1.82) is 0 Å². The predicted molar refractivity (Wildman–Crippen MR) is 98.1 cm³/mol. The zero-order chi connectivity index (χ0) is 16.4. The van der Waals surface area contributed by atoms with E-state index in [9.17, 15) is 0 Å². The molecule has 2 unspecified atom stereocenters. The fourth-order valence-corrected chi connectivity index (χ4v) is 5.91. The van der Waals surface area contributed by atoms with Crippen molar-refractivity contribution < 1.29 is 0 Å². The Morgan fingerprint density at radius 2 is 1.13 bits per heavy atom. The van der Waals surface area contributed by atoms with Crippen LogP contribution in [-0.4, -0.2) is 16.6 Å². The van der Waals surface area contributed by atoms with Crippen LogP contribution in [0.2, 0.25) is 0 Å². The van der Waals surface area contributed by atoms with Crippen LogP contribution < -0.4 is 17.2 Å². The Morgan fingerprint density at radius 3 is 1.74 bits per heavy atom. The molecular weight excluding hydrogens is 282 g/mol. The summed E-state index contributed by atoms with van der Waals surface area (Å²) in [5.74, 6) is 0.585. The lowest BCUT2D eigenvalue weighted by molar-refractivity contribution is 0.0885. The van der Waals surface area contributed by atoms with E-state index in [4.69, 9.17) is 17.2 Å². The van der Waals surface area contributed by atoms with Crippen molar-refractivity contribution >= 4 is 0 Å². The summed E-state index contributed by atoms with van der Waals surface area (Å²) in [5.41, 5.74) is 20.6. The van der Waals surface area contributed by atoms with Crippen LogP contribution >= 0.6 is 0 Å². The normalized spacial score (nSPS) is 37.4. The summed E-state index contributed by atoms with van der Waals surface area (Å²) in [6, 6.07) is 0. The fourth-order valence-electron chi connectivity index (χ4n) is 5.91. The lowest BCUT2D eigenvalue weighted by Crippen LogP contribution is -2.59. The number of hydrogen-bond acceptors (Lipinski definition) is 3. The second kappa shape index (κ2) is 7.01. The molecule has 134 valence electrons. The highest BCUT2D eigenvalue weighted by atomic mass is 14.9. The summed E-state index contributed by atoms with van der Waals surface area (Å²) in [7, 11) is 0. The minimum Gasteiger partial charge on any atom is -0.325 e. The Hall–Kier alpha value is -0.120. The molecule has 0 saturated heterocycles. The molecule has 3 rings (SSSR count). The van der Waals surface area contributed by atoms with Gasteiger partial charge in [0, 0.05) is 16.6 Å². The van der Waals surface area contributed by atoms with E-state index in [2.05, 4.69) is 0 Å². The standard InChI is InChI=1S/C20H39N3/c21-18(10-4-1-5-11-18)15-17-9-3-8-14-20(17,23)16-19(22)12-6-2-7-13-19/h17H,1-16,21-23H2. The molecule has 3 saturated carbocycles. The lowest BCUT2D eigenvalue weighted by atomic mass is 9.61. The van der Waals surface area contributed by atoms with Gasteiger partial charge in [-0.05, 0) is 57.3 Å². The largest absolute Gasteiger partial charge is 0.325 e. The van der Waals surface area contributed by atoms with Gasteiger partial charge in [0.25, 0.3) is 0 Å². The van der Waals surface area contributed by atoms with Crippen molar-refractivity contribution in [2.45, 2.75) is 119 Å². The van der Waals surface area contributed by atoms with E-state index >= 15 is 0 Å². The van der Waals surface area contributed by atoms with Crippen LogP contribution in [0.25, 0.3) is 0 Å². The van der Waals surface area contributed by atoms with Gasteiger partial charge in [0.1, 0.15) is 0 Å². The third kappa shape index (κ3) is 4.29. The molecule has 0 heterocycles. The zero-order valence-corrected chi connectivity index (χ0v) is 15.1. The highest BCUT2D eigenvalue weighted by Gasteiger charge is 2.45. The topological polar surface area (TPSA) is 78.1 Å². The molecule has 6 N–H and O–H groups in total. The number of hydrogen-bond donors (Lipinski definition) is 3. The third-order valence-corrected chi connectivity index (χ3v) is 7.29. The Labute approximate surface area is 143 Å². The molecule has 0 aromatic rings. The van der Waals surface area contributed by atoms with Gasteiger partial charge in [-0.2, -0.15) is 0 Å². The summed E-state index contributed by atoms with van der Waals surface area (Å²) in [4.78, 5) is 0. The average molecular weight is 322 g/mol. The highest BCUT2D eigenvalue weighted by Crippen LogP contribution is 2.45. The Kier molecular flexibility index (Phi) is 5.40. The fraction of sp³-hybridized carbons (Fsp3) is 1.00. The van der Waals surface area contributed by atoms with Gasteiger partial charge < -0.3 is 17.2 Å². The summed E-state index contributed by atoms with van der Waals surface area (Å²) in [5, 5.41) is 0. The molecule has 0 radical (unpaired) electrons. The molecular formula is C20H39N3. The monoisotopic (exact) mass is 321 g/mol. The first-order valence-corrected chi connectivity index (χ1v) is 10.3. The van der Waals surface area contributed by atoms with Crippen LogP contribution in [0, 0.1) is 5.92 Å². The van der Waals surface area contributed by atoms with Crippen molar-refractivity contribution in [3.05, 3.63) is 0 Å². The van der Waals surface area contributed by atoms with Crippen molar-refractivity contribution in [3.63, 3.8) is 0 Å². The van der Waals surface area contributed by atoms with Gasteiger partial charge in [-0.3, -0.25) is 0 Å². The van der Waals surface area contributed by atoms with E-state index in [0.29, 0.717) is 5.92 Å². The van der Waals surface area contributed by atoms with E-state index in [1.165, 1.54) is 83.5 Å². The summed E-state index contributed by atoms with van der Waals surface area (Å²) in [6.45, 7) is 0. The molecule has 0 bridgehead atoms. The Balaban J connectivity index is 1.69. The molecule has 0 aliphatic heterocycles. The van der Waals surface area contributed by atoms with Gasteiger partial charge in [-0.15, -0.1) is 0 Å². The van der Waals surface area contributed by atoms with Gasteiger partial charge >= 0.3 is 0 Å². The highest BCUT2D eigenvalue weighted by molar-refractivity contribution is 5.05. The quantitative estimate of drug-likeness (QED) is 0.733. The van der Waals surface area contributed by atoms with Gasteiger partial charge in [0.2, 0.25) is 0 Å². The van der Waals surface area contributed by atoms with E-state index < -0.39 is 0 Å². The molecule has 0 amide bonds. The van der Waals surface area contributed by atoms with Crippen LogP contribution in [-0.2, 0) is 0 Å². The molecule has 0 spiro atoms. The maximum absolute atomic E-state index is 7.06. The van der Waals surface area contributed by atoms with Crippen LogP contribution in [0.15, 0.2) is 0 Å². The summed E-state index contributed by atoms with van der Waals surface area (Å²) >= 11 is 0. The molecule has 0 aromatic heterocycles. The van der Waals surface area contributed by atoms with E-state index in [1.54, 1.807) is 0 Å². The van der Waals surface area contributed by atoms with Crippen LogP contribution in [0.1, 0.15) is 103 Å². The van der Waals surface area contributed by atoms with Gasteiger partial charge in [0.15, 0.2) is 0 Å². The first kappa shape index (κ1) is 17.7. The van der Waals surface area contributed by atoms with Gasteiger partial charge in [-0.25, -0.2) is 0 Å². The molecule has 3 fully saturated rings. The van der Waals surface area contributed by atoms with Crippen LogP contribution in [0.5, 0.6) is 0 Å². The summed E-state index contributed by atoms with van der Waals surface area (Å²) < 4.78 is 0. The maximum atomic E-state index is 7.06. The average Bonchev–Trinajstić information content (AvgIpc) is 2.50. The smallest absolute Gasteiger partial charge is 0.0201 e. The first-order chi connectivity index (χ1) is 10.9. The molecule has 0 aromatic carbocycles. The molecule has 3 nitrogen and oxygen atoms in total. The van der Waals surface area contributed by atoms with Crippen molar-refractivity contribution in [3.8, 4) is 0 Å². The minimum absolute atomic E-state index is 0.00306. The van der Waals surface area contributed by atoms with Crippen molar-refractivity contribution in [2.75, 3.05) is 0 Å². The Morgan fingerprint density at radius 1 is 0.609 bits per heavy atom.